The van der Waals surface area contributed by atoms with Crippen LogP contribution in [0.3, 0.4) is 0 Å². The van der Waals surface area contributed by atoms with Gasteiger partial charge in [-0.25, -0.2) is 0 Å². The monoisotopic (exact) mass is 365 g/mol. The summed E-state index contributed by atoms with van der Waals surface area (Å²) in [7, 11) is 1.55. The predicted octanol–water partition coefficient (Wildman–Crippen LogP) is 0.676. The minimum Gasteiger partial charge on any atom is -0.467 e. The molecule has 1 aromatic heterocycles. The maximum Gasteiger partial charge on any atom is 0.319 e. The lowest BCUT2D eigenvalue weighted by atomic mass is 10.1. The van der Waals surface area contributed by atoms with E-state index >= 15 is 0 Å². The van der Waals surface area contributed by atoms with E-state index in [1.165, 1.54) is 0 Å². The Hall–Kier alpha value is -0.670. The van der Waals surface area contributed by atoms with Crippen LogP contribution in [0.15, 0.2) is 6.07 Å². The normalized spacial score (nSPS) is 24.1. The number of aromatic nitrogens is 2. The van der Waals surface area contributed by atoms with Gasteiger partial charge in [0.25, 0.3) is 0 Å². The van der Waals surface area contributed by atoms with Crippen molar-refractivity contribution in [1.29, 1.82) is 0 Å². The minimum absolute atomic E-state index is 0.0109. The average Bonchev–Trinajstić information content (AvgIpc) is 2.38. The van der Waals surface area contributed by atoms with Gasteiger partial charge in [0.1, 0.15) is 15.6 Å². The average molecular weight is 365 g/mol. The molecule has 0 amide bonds. The highest BCUT2D eigenvalue weighted by atomic mass is 127. The smallest absolute Gasteiger partial charge is 0.319 e. The zero-order valence-electron chi connectivity index (χ0n) is 10.3. The first-order valence-electron chi connectivity index (χ1n) is 5.73. The molecule has 1 fully saturated rings. The molecule has 0 bridgehead atoms. The minimum atomic E-state index is -0.183. The number of rotatable bonds is 3. The molecule has 0 saturated carbocycles. The molecule has 1 saturated heterocycles. The predicted molar refractivity (Wildman–Crippen MR) is 74.9 cm³/mol. The van der Waals surface area contributed by atoms with Crippen molar-refractivity contribution in [1.82, 2.24) is 9.97 Å². The summed E-state index contributed by atoms with van der Waals surface area (Å²) in [6, 6.07) is 2.33. The molecule has 0 aliphatic carbocycles. The van der Waals surface area contributed by atoms with Crippen molar-refractivity contribution in [2.45, 2.75) is 19.1 Å². The third-order valence-corrected chi connectivity index (χ3v) is 3.56. The Bertz CT molecular complexity index is 419. The number of hydrogen-bond donors (Lipinski definition) is 1. The molecule has 1 N–H and O–H groups in total. The van der Waals surface area contributed by atoms with Crippen molar-refractivity contribution in [2.75, 3.05) is 31.8 Å². The Morgan fingerprint density at radius 3 is 3.06 bits per heavy atom. The molecular weight excluding hydrogens is 349 g/mol. The highest BCUT2D eigenvalue weighted by molar-refractivity contribution is 14.1. The molecular formula is C11H16IN3O3. The van der Waals surface area contributed by atoms with Crippen molar-refractivity contribution >= 4 is 28.4 Å². The largest absolute Gasteiger partial charge is 0.467 e. The molecule has 0 spiro atoms. The Labute approximate surface area is 119 Å². The van der Waals surface area contributed by atoms with Gasteiger partial charge in [-0.05, 0) is 29.5 Å². The van der Waals surface area contributed by atoms with Crippen molar-refractivity contribution in [3.63, 3.8) is 0 Å². The Morgan fingerprint density at radius 2 is 2.39 bits per heavy atom. The molecule has 0 radical (unpaired) electrons. The van der Waals surface area contributed by atoms with Crippen LogP contribution in [-0.2, 0) is 4.74 Å². The van der Waals surface area contributed by atoms with E-state index in [1.807, 2.05) is 13.0 Å². The van der Waals surface area contributed by atoms with Gasteiger partial charge in [-0.15, -0.1) is 0 Å². The van der Waals surface area contributed by atoms with E-state index in [4.69, 9.17) is 9.47 Å². The number of hydrogen-bond acceptors (Lipinski definition) is 6. The zero-order chi connectivity index (χ0) is 13.1. The number of halogens is 1. The van der Waals surface area contributed by atoms with Gasteiger partial charge in [0.15, 0.2) is 0 Å². The zero-order valence-corrected chi connectivity index (χ0v) is 12.5. The molecule has 2 atom stereocenters. The van der Waals surface area contributed by atoms with Crippen molar-refractivity contribution in [3.05, 3.63) is 9.77 Å². The van der Waals surface area contributed by atoms with E-state index in [2.05, 4.69) is 37.5 Å². The standard InChI is InChI=1S/C11H16IN3O3/c1-7-8(6-16)18-4-3-15(7)10-5-9(12)13-11(14-10)17-2/h5,7-8,16H,3-4,6H2,1-2H3. The quantitative estimate of drug-likeness (QED) is 0.628. The molecule has 6 nitrogen and oxygen atoms in total. The summed E-state index contributed by atoms with van der Waals surface area (Å²) in [6.45, 7) is 3.35. The third kappa shape index (κ3) is 2.83. The Kier molecular flexibility index (Phi) is 4.57. The summed E-state index contributed by atoms with van der Waals surface area (Å²) in [4.78, 5) is 10.6. The van der Waals surface area contributed by atoms with Crippen molar-refractivity contribution in [3.8, 4) is 6.01 Å². The highest BCUT2D eigenvalue weighted by Crippen LogP contribution is 2.23. The third-order valence-electron chi connectivity index (χ3n) is 3.01. The maximum absolute atomic E-state index is 9.27. The Balaban J connectivity index is 2.26. The first kappa shape index (κ1) is 13.8. The number of ether oxygens (including phenoxy) is 2. The summed E-state index contributed by atoms with van der Waals surface area (Å²) in [5.41, 5.74) is 0. The second-order valence-corrected chi connectivity index (χ2v) is 5.17. The molecule has 2 heterocycles. The number of nitrogens with zero attached hydrogens (tertiary/aromatic N) is 3. The maximum atomic E-state index is 9.27. The summed E-state index contributed by atoms with van der Waals surface area (Å²) < 4.78 is 11.4. The second-order valence-electron chi connectivity index (χ2n) is 4.06. The van der Waals surface area contributed by atoms with Gasteiger partial charge in [-0.3, -0.25) is 0 Å². The number of morpholine rings is 1. The van der Waals surface area contributed by atoms with Gasteiger partial charge in [0.2, 0.25) is 0 Å². The van der Waals surface area contributed by atoms with Gasteiger partial charge in [0.05, 0.1) is 26.4 Å². The summed E-state index contributed by atoms with van der Waals surface area (Å²) >= 11 is 2.13. The van der Waals surface area contributed by atoms with Crippen LogP contribution in [0.4, 0.5) is 5.82 Å². The fourth-order valence-electron chi connectivity index (χ4n) is 2.00. The van der Waals surface area contributed by atoms with E-state index in [-0.39, 0.29) is 18.8 Å². The van der Waals surface area contributed by atoms with Gasteiger partial charge < -0.3 is 19.5 Å². The summed E-state index contributed by atoms with van der Waals surface area (Å²) in [5, 5.41) is 9.27. The number of methoxy groups -OCH3 is 1. The van der Waals surface area contributed by atoms with Crippen LogP contribution in [0.2, 0.25) is 0 Å². The summed E-state index contributed by atoms with van der Waals surface area (Å²) in [5.74, 6) is 0.806. The van der Waals surface area contributed by atoms with Crippen LogP contribution in [0.5, 0.6) is 6.01 Å². The van der Waals surface area contributed by atoms with E-state index in [0.29, 0.717) is 12.6 Å². The van der Waals surface area contributed by atoms with E-state index < -0.39 is 0 Å². The van der Waals surface area contributed by atoms with Crippen LogP contribution in [0.25, 0.3) is 0 Å². The number of anilines is 1. The van der Waals surface area contributed by atoms with Crippen LogP contribution < -0.4 is 9.64 Å². The van der Waals surface area contributed by atoms with Crippen LogP contribution in [0, 0.1) is 3.70 Å². The molecule has 18 heavy (non-hydrogen) atoms. The second kappa shape index (κ2) is 5.98. The fraction of sp³-hybridized carbons (Fsp3) is 0.636. The lowest BCUT2D eigenvalue weighted by Gasteiger charge is -2.39. The number of aliphatic hydroxyl groups is 1. The highest BCUT2D eigenvalue weighted by Gasteiger charge is 2.29. The molecule has 2 unspecified atom stereocenters. The first-order valence-corrected chi connectivity index (χ1v) is 6.81. The van der Waals surface area contributed by atoms with Gasteiger partial charge in [-0.1, -0.05) is 0 Å². The molecule has 1 aromatic rings. The SMILES string of the molecule is COc1nc(I)cc(N2CCOC(CO)C2C)n1. The molecule has 1 aliphatic rings. The molecule has 1 aliphatic heterocycles. The number of aliphatic hydroxyl groups excluding tert-OH is 1. The Morgan fingerprint density at radius 1 is 1.61 bits per heavy atom. The van der Waals surface area contributed by atoms with Crippen LogP contribution in [0.1, 0.15) is 6.92 Å². The first-order chi connectivity index (χ1) is 8.65. The van der Waals surface area contributed by atoms with Crippen molar-refractivity contribution in [2.24, 2.45) is 0 Å². The van der Waals surface area contributed by atoms with Gasteiger partial charge in [0, 0.05) is 12.6 Å². The van der Waals surface area contributed by atoms with E-state index in [0.717, 1.165) is 16.1 Å². The lowest BCUT2D eigenvalue weighted by molar-refractivity contribution is -0.0184. The molecule has 2 rings (SSSR count). The molecule has 7 heteroatoms. The van der Waals surface area contributed by atoms with Crippen LogP contribution in [-0.4, -0.2) is 54.1 Å². The van der Waals surface area contributed by atoms with Crippen molar-refractivity contribution < 1.29 is 14.6 Å². The van der Waals surface area contributed by atoms with Gasteiger partial charge >= 0.3 is 6.01 Å². The fourth-order valence-corrected chi connectivity index (χ4v) is 2.48. The van der Waals surface area contributed by atoms with E-state index in [1.54, 1.807) is 7.11 Å². The van der Waals surface area contributed by atoms with Gasteiger partial charge in [-0.2, -0.15) is 9.97 Å². The van der Waals surface area contributed by atoms with Crippen LogP contribution >= 0.6 is 22.6 Å². The molecule has 100 valence electrons. The topological polar surface area (TPSA) is 67.7 Å². The summed E-state index contributed by atoms with van der Waals surface area (Å²) in [6.07, 6.45) is -0.183. The molecule has 0 aromatic carbocycles. The van der Waals surface area contributed by atoms with E-state index in [9.17, 15) is 5.11 Å². The lowest BCUT2D eigenvalue weighted by Crippen LogP contribution is -2.51.